The van der Waals surface area contributed by atoms with Gasteiger partial charge in [-0.05, 0) is 37.1 Å². The molecule has 0 radical (unpaired) electrons. The van der Waals surface area contributed by atoms with Crippen molar-refractivity contribution in [1.82, 2.24) is 4.90 Å². The number of ketones is 1. The molecule has 1 amide bonds. The van der Waals surface area contributed by atoms with Crippen molar-refractivity contribution in [3.63, 3.8) is 0 Å². The Morgan fingerprint density at radius 1 is 1.33 bits per heavy atom. The third-order valence-corrected chi connectivity index (χ3v) is 4.96. The van der Waals surface area contributed by atoms with Crippen molar-refractivity contribution in [2.24, 2.45) is 0 Å². The number of hydrogen-bond acceptors (Lipinski definition) is 4. The smallest absolute Gasteiger partial charge is 0.410 e. The Balaban J connectivity index is 1.73. The Morgan fingerprint density at radius 2 is 2.00 bits per heavy atom. The first kappa shape index (κ1) is 16.6. The molecule has 0 saturated carbocycles. The Hall–Kier alpha value is -2.30. The molecule has 3 rings (SSSR count). The molecule has 128 valence electrons. The van der Waals surface area contributed by atoms with Gasteiger partial charge in [0.1, 0.15) is 18.0 Å². The molecule has 0 aromatic heterocycles. The van der Waals surface area contributed by atoms with Gasteiger partial charge < -0.3 is 14.4 Å². The lowest BCUT2D eigenvalue weighted by atomic mass is 9.82. The number of ether oxygens (including phenoxy) is 2. The molecule has 24 heavy (non-hydrogen) atoms. The van der Waals surface area contributed by atoms with E-state index in [1.807, 2.05) is 26.0 Å². The molecule has 5 nitrogen and oxygen atoms in total. The number of rotatable bonds is 2. The van der Waals surface area contributed by atoms with Gasteiger partial charge >= 0.3 is 6.09 Å². The molecule has 0 N–H and O–H groups in total. The van der Waals surface area contributed by atoms with E-state index >= 15 is 0 Å². The van der Waals surface area contributed by atoms with Gasteiger partial charge in [-0.15, -0.1) is 0 Å². The summed E-state index contributed by atoms with van der Waals surface area (Å²) >= 11 is 0. The van der Waals surface area contributed by atoms with E-state index in [1.165, 1.54) is 0 Å². The quantitative estimate of drug-likeness (QED) is 0.780. The fourth-order valence-electron chi connectivity index (χ4n) is 3.35. The summed E-state index contributed by atoms with van der Waals surface area (Å²) in [6.07, 6.45) is 2.85. The lowest BCUT2D eigenvalue weighted by Crippen LogP contribution is -2.52. The van der Waals surface area contributed by atoms with E-state index in [2.05, 4.69) is 6.58 Å². The van der Waals surface area contributed by atoms with Gasteiger partial charge in [0.15, 0.2) is 5.78 Å². The minimum absolute atomic E-state index is 0.127. The molecule has 0 aliphatic carbocycles. The molecule has 1 spiro atoms. The van der Waals surface area contributed by atoms with Crippen LogP contribution in [-0.4, -0.2) is 42.1 Å². The number of aryl methyl sites for hydroxylation is 2. The highest BCUT2D eigenvalue weighted by molar-refractivity contribution is 6.00. The van der Waals surface area contributed by atoms with E-state index in [1.54, 1.807) is 11.0 Å². The second-order valence-electron chi connectivity index (χ2n) is 6.67. The number of benzene rings is 1. The number of fused-ring (bicyclic) bond motifs is 1. The zero-order chi connectivity index (χ0) is 17.3. The molecule has 5 heteroatoms. The van der Waals surface area contributed by atoms with Crippen LogP contribution in [0.15, 0.2) is 24.8 Å². The normalized spacial score (nSPS) is 18.8. The molecule has 2 heterocycles. The number of Topliss-reactive ketones (excluding diaryl/α,β-unsaturated/α-hetero) is 1. The second-order valence-corrected chi connectivity index (χ2v) is 6.67. The number of likely N-dealkylation sites (tertiary alicyclic amines) is 1. The van der Waals surface area contributed by atoms with Crippen LogP contribution in [0, 0.1) is 13.8 Å². The summed E-state index contributed by atoms with van der Waals surface area (Å²) < 4.78 is 11.3. The minimum atomic E-state index is -0.499. The van der Waals surface area contributed by atoms with Crippen molar-refractivity contribution in [3.05, 3.63) is 41.5 Å². The Labute approximate surface area is 142 Å². The predicted octanol–water partition coefficient (Wildman–Crippen LogP) is 3.43. The van der Waals surface area contributed by atoms with E-state index in [4.69, 9.17) is 9.47 Å². The number of hydrogen-bond donors (Lipinski definition) is 0. The first-order valence-corrected chi connectivity index (χ1v) is 8.30. The van der Waals surface area contributed by atoms with Crippen molar-refractivity contribution in [2.75, 3.05) is 19.7 Å². The van der Waals surface area contributed by atoms with Crippen molar-refractivity contribution in [1.29, 1.82) is 0 Å². The van der Waals surface area contributed by atoms with Gasteiger partial charge in [0.05, 0.1) is 12.0 Å². The fourth-order valence-corrected chi connectivity index (χ4v) is 3.35. The first-order valence-electron chi connectivity index (χ1n) is 8.30. The zero-order valence-electron chi connectivity index (χ0n) is 14.3. The summed E-state index contributed by atoms with van der Waals surface area (Å²) in [5.74, 6) is 0.805. The van der Waals surface area contributed by atoms with Crippen LogP contribution in [0.3, 0.4) is 0 Å². The fraction of sp³-hybridized carbons (Fsp3) is 0.474. The zero-order valence-corrected chi connectivity index (χ0v) is 14.3. The maximum Gasteiger partial charge on any atom is 0.410 e. The molecule has 2 aliphatic heterocycles. The maximum atomic E-state index is 12.6. The highest BCUT2D eigenvalue weighted by Gasteiger charge is 2.44. The average molecular weight is 329 g/mol. The molecule has 0 unspecified atom stereocenters. The van der Waals surface area contributed by atoms with E-state index in [9.17, 15) is 9.59 Å². The summed E-state index contributed by atoms with van der Waals surface area (Å²) in [6.45, 7) is 8.83. The molecular weight excluding hydrogens is 306 g/mol. The molecule has 1 aromatic rings. The SMILES string of the molecule is C=CCOC(=O)N1CCC2(CC1)CC(=O)c1cc(C)c(C)cc1O2. The van der Waals surface area contributed by atoms with Crippen LogP contribution >= 0.6 is 0 Å². The molecule has 1 fully saturated rings. The number of nitrogens with zero attached hydrogens (tertiary/aromatic N) is 1. The average Bonchev–Trinajstić information content (AvgIpc) is 2.55. The molecule has 1 saturated heterocycles. The third-order valence-electron chi connectivity index (χ3n) is 4.96. The largest absolute Gasteiger partial charge is 0.486 e. The van der Waals surface area contributed by atoms with Gasteiger partial charge in [0.2, 0.25) is 0 Å². The van der Waals surface area contributed by atoms with Crippen molar-refractivity contribution < 1.29 is 19.1 Å². The van der Waals surface area contributed by atoms with Crippen LogP contribution in [0.2, 0.25) is 0 Å². The van der Waals surface area contributed by atoms with Crippen LogP contribution in [0.4, 0.5) is 4.79 Å². The van der Waals surface area contributed by atoms with Gasteiger partial charge in [0.25, 0.3) is 0 Å². The highest BCUT2D eigenvalue weighted by atomic mass is 16.6. The van der Waals surface area contributed by atoms with Gasteiger partial charge in [0, 0.05) is 25.9 Å². The summed E-state index contributed by atoms with van der Waals surface area (Å²) in [6, 6.07) is 3.87. The van der Waals surface area contributed by atoms with Crippen molar-refractivity contribution in [3.8, 4) is 5.75 Å². The highest BCUT2D eigenvalue weighted by Crippen LogP contribution is 2.40. The number of carbonyl (C=O) groups is 2. The van der Waals surface area contributed by atoms with Crippen LogP contribution < -0.4 is 4.74 Å². The van der Waals surface area contributed by atoms with Crippen molar-refractivity contribution in [2.45, 2.75) is 38.7 Å². The lowest BCUT2D eigenvalue weighted by Gasteiger charge is -2.43. The number of carbonyl (C=O) groups excluding carboxylic acids is 2. The predicted molar refractivity (Wildman–Crippen MR) is 90.6 cm³/mol. The maximum absolute atomic E-state index is 12.6. The number of amides is 1. The third kappa shape index (κ3) is 3.03. The molecule has 0 atom stereocenters. The Bertz CT molecular complexity index is 687. The summed E-state index contributed by atoms with van der Waals surface area (Å²) in [7, 11) is 0. The van der Waals surface area contributed by atoms with E-state index in [0.29, 0.717) is 43.7 Å². The number of piperidine rings is 1. The van der Waals surface area contributed by atoms with Gasteiger partial charge in [-0.1, -0.05) is 12.7 Å². The first-order chi connectivity index (χ1) is 11.4. The Morgan fingerprint density at radius 3 is 2.67 bits per heavy atom. The Kier molecular flexibility index (Phi) is 4.35. The summed E-state index contributed by atoms with van der Waals surface area (Å²) in [4.78, 5) is 26.2. The van der Waals surface area contributed by atoms with Crippen molar-refractivity contribution >= 4 is 11.9 Å². The monoisotopic (exact) mass is 329 g/mol. The molecule has 0 bridgehead atoms. The molecule has 1 aromatic carbocycles. The second kappa shape index (κ2) is 6.30. The summed E-state index contributed by atoms with van der Waals surface area (Å²) in [5.41, 5.74) is 2.39. The lowest BCUT2D eigenvalue weighted by molar-refractivity contribution is -0.00815. The van der Waals surface area contributed by atoms with E-state index < -0.39 is 5.60 Å². The van der Waals surface area contributed by atoms with Gasteiger partial charge in [-0.2, -0.15) is 0 Å². The minimum Gasteiger partial charge on any atom is -0.486 e. The van der Waals surface area contributed by atoms with E-state index in [0.717, 1.165) is 11.1 Å². The molecule has 2 aliphatic rings. The van der Waals surface area contributed by atoms with Crippen LogP contribution in [-0.2, 0) is 4.74 Å². The summed E-state index contributed by atoms with van der Waals surface area (Å²) in [5, 5.41) is 0. The standard InChI is InChI=1S/C19H23NO4/c1-4-9-23-18(22)20-7-5-19(6-8-20)12-16(21)15-10-13(2)14(3)11-17(15)24-19/h4,10-11H,1,5-9,12H2,2-3H3. The van der Waals surface area contributed by atoms with E-state index in [-0.39, 0.29) is 18.5 Å². The van der Waals surface area contributed by atoms with Gasteiger partial charge in [-0.3, -0.25) is 4.79 Å². The topological polar surface area (TPSA) is 55.8 Å². The van der Waals surface area contributed by atoms with Crippen LogP contribution in [0.25, 0.3) is 0 Å². The van der Waals surface area contributed by atoms with Crippen LogP contribution in [0.1, 0.15) is 40.7 Å². The van der Waals surface area contributed by atoms with Crippen LogP contribution in [0.5, 0.6) is 5.75 Å². The van der Waals surface area contributed by atoms with Gasteiger partial charge in [-0.25, -0.2) is 4.79 Å². The molecular formula is C19H23NO4.